The molecule has 2 N–H and O–H groups in total. The highest BCUT2D eigenvalue weighted by molar-refractivity contribution is 7.09. The van der Waals surface area contributed by atoms with E-state index in [0.717, 1.165) is 5.01 Å². The normalized spacial score (nSPS) is 13.8. The van der Waals surface area contributed by atoms with Gasteiger partial charge in [0, 0.05) is 28.9 Å². The van der Waals surface area contributed by atoms with E-state index in [-0.39, 0.29) is 12.6 Å². The van der Waals surface area contributed by atoms with Gasteiger partial charge in [-0.15, -0.1) is 16.4 Å². The molecule has 3 heterocycles. The molecule has 0 spiro atoms. The lowest BCUT2D eigenvalue weighted by Gasteiger charge is -2.22. The van der Waals surface area contributed by atoms with Crippen LogP contribution < -0.4 is 10.9 Å². The number of fused-ring (bicyclic) bond motifs is 1. The summed E-state index contributed by atoms with van der Waals surface area (Å²) < 4.78 is 48.7. The quantitative estimate of drug-likeness (QED) is 0.313. The number of aryl methyl sites for hydroxylation is 1. The van der Waals surface area contributed by atoms with Crippen LogP contribution >= 0.6 is 11.3 Å². The molecule has 3 aromatic heterocycles. The Morgan fingerprint density at radius 2 is 1.97 bits per heavy atom. The molecule has 13 heteroatoms. The number of ketones is 1. The van der Waals surface area contributed by atoms with Gasteiger partial charge in [-0.05, 0) is 25.5 Å². The number of carbonyl (C=O) groups is 1. The van der Waals surface area contributed by atoms with Gasteiger partial charge in [-0.3, -0.25) is 4.79 Å². The number of carbonyl (C=O) groups excluding carboxylic acids is 1. The topological polar surface area (TPSA) is 131 Å². The van der Waals surface area contributed by atoms with Crippen LogP contribution in [-0.4, -0.2) is 37.8 Å². The van der Waals surface area contributed by atoms with E-state index >= 15 is 0 Å². The average Bonchev–Trinajstić information content (AvgIpc) is 3.39. The second-order valence-corrected chi connectivity index (χ2v) is 8.29. The Kier molecular flexibility index (Phi) is 5.54. The van der Waals surface area contributed by atoms with Crippen molar-refractivity contribution in [2.45, 2.75) is 32.2 Å². The zero-order chi connectivity index (χ0) is 24.0. The molecule has 172 valence electrons. The number of aromatic nitrogens is 3. The first-order chi connectivity index (χ1) is 15.5. The van der Waals surface area contributed by atoms with Crippen LogP contribution in [0.1, 0.15) is 28.2 Å². The molecule has 0 bridgehead atoms. The standard InChI is InChI=1S/C20H15F3N4O5S/c1-9-25-13(8-33-9)12-6-15(28)31-14-5-10(3-4-11(12)14)7-24-18-27-26-17(32-18)16(29)19(2,30)20(21,22)23/h3-6,8,30H,7H2,1-2H3,(H,24,27). The SMILES string of the molecule is Cc1nc(-c2cc(=O)oc3cc(CNc4nnc(C(=O)C(C)(O)C(F)(F)F)o4)ccc23)cs1. The third kappa shape index (κ3) is 4.36. The van der Waals surface area contributed by atoms with Crippen LogP contribution in [0.4, 0.5) is 19.2 Å². The Morgan fingerprint density at radius 1 is 1.21 bits per heavy atom. The van der Waals surface area contributed by atoms with Gasteiger partial charge in [-0.25, -0.2) is 9.78 Å². The largest absolute Gasteiger partial charge is 0.424 e. The molecule has 33 heavy (non-hydrogen) atoms. The van der Waals surface area contributed by atoms with E-state index in [4.69, 9.17) is 8.83 Å². The molecule has 0 radical (unpaired) electrons. The second kappa shape index (κ2) is 8.08. The van der Waals surface area contributed by atoms with E-state index in [1.807, 2.05) is 12.3 Å². The highest BCUT2D eigenvalue weighted by atomic mass is 32.1. The number of anilines is 1. The number of thiazole rings is 1. The van der Waals surface area contributed by atoms with Gasteiger partial charge in [-0.1, -0.05) is 17.2 Å². The minimum atomic E-state index is -5.21. The zero-order valence-electron chi connectivity index (χ0n) is 17.1. The van der Waals surface area contributed by atoms with Crippen molar-refractivity contribution in [3.8, 4) is 11.3 Å². The van der Waals surface area contributed by atoms with Crippen LogP contribution in [0.3, 0.4) is 0 Å². The summed E-state index contributed by atoms with van der Waals surface area (Å²) in [6, 6.07) is 6.10. The summed E-state index contributed by atoms with van der Waals surface area (Å²) in [5.41, 5.74) is -2.01. The predicted octanol–water partition coefficient (Wildman–Crippen LogP) is 3.72. The lowest BCUT2D eigenvalue weighted by Crippen LogP contribution is -2.49. The predicted molar refractivity (Wildman–Crippen MR) is 111 cm³/mol. The molecule has 1 atom stereocenters. The molecular weight excluding hydrogens is 465 g/mol. The van der Waals surface area contributed by atoms with E-state index in [2.05, 4.69) is 20.5 Å². The average molecular weight is 480 g/mol. The van der Waals surface area contributed by atoms with Gasteiger partial charge in [0.1, 0.15) is 5.58 Å². The maximum Gasteiger partial charge on any atom is 0.424 e. The summed E-state index contributed by atoms with van der Waals surface area (Å²) in [7, 11) is 0. The molecule has 1 unspecified atom stereocenters. The number of nitrogens with zero attached hydrogens (tertiary/aromatic N) is 3. The van der Waals surface area contributed by atoms with Crippen LogP contribution in [0.15, 0.2) is 43.3 Å². The number of hydrogen-bond donors (Lipinski definition) is 2. The smallest absolute Gasteiger partial charge is 0.423 e. The van der Waals surface area contributed by atoms with Crippen molar-refractivity contribution in [2.24, 2.45) is 0 Å². The molecule has 0 aliphatic carbocycles. The molecule has 0 aliphatic rings. The lowest BCUT2D eigenvalue weighted by molar-refractivity contribution is -0.230. The van der Waals surface area contributed by atoms with E-state index in [0.29, 0.717) is 34.7 Å². The molecule has 9 nitrogen and oxygen atoms in total. The van der Waals surface area contributed by atoms with Crippen molar-refractivity contribution in [1.82, 2.24) is 15.2 Å². The number of nitrogens with one attached hydrogen (secondary N) is 1. The fourth-order valence-corrected chi connectivity index (χ4v) is 3.53. The van der Waals surface area contributed by atoms with Crippen LogP contribution in [0, 0.1) is 6.92 Å². The monoisotopic (exact) mass is 480 g/mol. The summed E-state index contributed by atoms with van der Waals surface area (Å²) in [6.07, 6.45) is -5.21. The highest BCUT2D eigenvalue weighted by Gasteiger charge is 2.57. The van der Waals surface area contributed by atoms with Gasteiger partial charge in [0.15, 0.2) is 0 Å². The van der Waals surface area contributed by atoms with Crippen molar-refractivity contribution < 1.29 is 31.9 Å². The third-order valence-electron chi connectivity index (χ3n) is 4.76. The summed E-state index contributed by atoms with van der Waals surface area (Å²) in [5, 5.41) is 22.2. The lowest BCUT2D eigenvalue weighted by atomic mass is 10.0. The first-order valence-corrected chi connectivity index (χ1v) is 10.2. The van der Waals surface area contributed by atoms with Gasteiger partial charge in [-0.2, -0.15) is 13.2 Å². The zero-order valence-corrected chi connectivity index (χ0v) is 17.9. The number of rotatable bonds is 6. The Morgan fingerprint density at radius 3 is 2.64 bits per heavy atom. The van der Waals surface area contributed by atoms with Crippen LogP contribution in [0.2, 0.25) is 0 Å². The molecule has 4 aromatic rings. The number of hydrogen-bond acceptors (Lipinski definition) is 10. The molecule has 1 aromatic carbocycles. The number of aliphatic hydroxyl groups is 1. The fraction of sp³-hybridized carbons (Fsp3) is 0.250. The van der Waals surface area contributed by atoms with Crippen LogP contribution in [0.5, 0.6) is 0 Å². The Bertz CT molecular complexity index is 1410. The van der Waals surface area contributed by atoms with Gasteiger partial charge in [0.25, 0.3) is 11.7 Å². The summed E-state index contributed by atoms with van der Waals surface area (Å²) in [4.78, 5) is 28.3. The molecule has 4 rings (SSSR count). The maximum absolute atomic E-state index is 12.8. The number of Topliss-reactive ketones (excluding diaryl/α,β-unsaturated/α-hetero) is 1. The van der Waals surface area contributed by atoms with E-state index in [1.54, 1.807) is 18.2 Å². The number of benzene rings is 1. The Balaban J connectivity index is 1.54. The van der Waals surface area contributed by atoms with Gasteiger partial charge < -0.3 is 19.3 Å². The van der Waals surface area contributed by atoms with Crippen molar-refractivity contribution in [3.63, 3.8) is 0 Å². The number of alkyl halides is 3. The van der Waals surface area contributed by atoms with E-state index in [9.17, 15) is 27.9 Å². The molecule has 0 amide bonds. The van der Waals surface area contributed by atoms with Crippen molar-refractivity contribution in [2.75, 3.05) is 5.32 Å². The maximum atomic E-state index is 12.8. The first-order valence-electron chi connectivity index (χ1n) is 9.36. The fourth-order valence-electron chi connectivity index (χ4n) is 2.92. The van der Waals surface area contributed by atoms with Crippen molar-refractivity contribution in [1.29, 1.82) is 0 Å². The van der Waals surface area contributed by atoms with Crippen molar-refractivity contribution in [3.05, 3.63) is 56.5 Å². The molecule has 0 saturated carbocycles. The first kappa shape index (κ1) is 22.6. The highest BCUT2D eigenvalue weighted by Crippen LogP contribution is 2.33. The molecule has 0 aliphatic heterocycles. The third-order valence-corrected chi connectivity index (χ3v) is 5.53. The number of halogens is 3. The second-order valence-electron chi connectivity index (χ2n) is 7.23. The Labute approximate surface area is 186 Å². The van der Waals surface area contributed by atoms with Gasteiger partial charge in [0.2, 0.25) is 5.60 Å². The minimum absolute atomic E-state index is 0.0607. The van der Waals surface area contributed by atoms with Gasteiger partial charge in [0.05, 0.1) is 10.7 Å². The van der Waals surface area contributed by atoms with E-state index in [1.165, 1.54) is 17.4 Å². The van der Waals surface area contributed by atoms with Crippen LogP contribution in [-0.2, 0) is 6.54 Å². The molecule has 0 fully saturated rings. The summed E-state index contributed by atoms with van der Waals surface area (Å²) in [5.74, 6) is -2.76. The minimum Gasteiger partial charge on any atom is -0.423 e. The van der Waals surface area contributed by atoms with Gasteiger partial charge >= 0.3 is 17.8 Å². The van der Waals surface area contributed by atoms with Crippen LogP contribution in [0.25, 0.3) is 22.2 Å². The summed E-state index contributed by atoms with van der Waals surface area (Å²) >= 11 is 1.45. The summed E-state index contributed by atoms with van der Waals surface area (Å²) in [6.45, 7) is 2.22. The Hall–Kier alpha value is -3.58. The molecular formula is C20H15F3N4O5S. The molecule has 0 saturated heterocycles. The van der Waals surface area contributed by atoms with Crippen molar-refractivity contribution >= 4 is 34.1 Å². The van der Waals surface area contributed by atoms with E-state index < -0.39 is 29.1 Å².